The SMILES string of the molecule is CCOc1ccc(N2CCCOc3cc(C(=O)NCc4ccc(SC)cc4)ccc32)cc1. The molecule has 1 aliphatic heterocycles. The normalized spacial score (nSPS) is 13.0. The molecule has 0 spiro atoms. The molecule has 1 aliphatic rings. The number of hydrogen-bond donors (Lipinski definition) is 1. The lowest BCUT2D eigenvalue weighted by molar-refractivity contribution is 0.0950. The molecule has 0 unspecified atom stereocenters. The third-order valence-electron chi connectivity index (χ3n) is 5.37. The molecule has 0 atom stereocenters. The van der Waals surface area contributed by atoms with Gasteiger partial charge < -0.3 is 19.7 Å². The fraction of sp³-hybridized carbons (Fsp3) is 0.269. The van der Waals surface area contributed by atoms with Gasteiger partial charge in [-0.05, 0) is 79.8 Å². The molecule has 4 rings (SSSR count). The summed E-state index contributed by atoms with van der Waals surface area (Å²) in [7, 11) is 0. The smallest absolute Gasteiger partial charge is 0.251 e. The summed E-state index contributed by atoms with van der Waals surface area (Å²) in [6.07, 6.45) is 2.95. The van der Waals surface area contributed by atoms with Crippen LogP contribution >= 0.6 is 11.8 Å². The van der Waals surface area contributed by atoms with E-state index in [1.165, 1.54) is 4.90 Å². The number of rotatable bonds is 7. The number of nitrogens with zero attached hydrogens (tertiary/aromatic N) is 1. The lowest BCUT2D eigenvalue weighted by Gasteiger charge is -2.24. The maximum Gasteiger partial charge on any atom is 0.251 e. The molecule has 0 saturated carbocycles. The highest BCUT2D eigenvalue weighted by molar-refractivity contribution is 7.98. The van der Waals surface area contributed by atoms with Gasteiger partial charge in [0.25, 0.3) is 5.91 Å². The lowest BCUT2D eigenvalue weighted by atomic mass is 10.1. The summed E-state index contributed by atoms with van der Waals surface area (Å²) in [5, 5.41) is 3.01. The fourth-order valence-electron chi connectivity index (χ4n) is 3.70. The molecular formula is C26H28N2O3S. The second-order valence-corrected chi connectivity index (χ2v) is 8.37. The maximum atomic E-state index is 12.8. The molecule has 0 bridgehead atoms. The van der Waals surface area contributed by atoms with E-state index in [2.05, 4.69) is 34.5 Å². The molecule has 3 aromatic carbocycles. The van der Waals surface area contributed by atoms with Gasteiger partial charge in [0.05, 0.1) is 18.9 Å². The third-order valence-corrected chi connectivity index (χ3v) is 6.11. The number of benzene rings is 3. The molecule has 166 valence electrons. The van der Waals surface area contributed by atoms with Crippen LogP contribution in [0.1, 0.15) is 29.3 Å². The van der Waals surface area contributed by atoms with E-state index in [4.69, 9.17) is 9.47 Å². The molecule has 5 nitrogen and oxygen atoms in total. The highest BCUT2D eigenvalue weighted by Crippen LogP contribution is 2.37. The monoisotopic (exact) mass is 448 g/mol. The van der Waals surface area contributed by atoms with Crippen molar-refractivity contribution in [1.29, 1.82) is 0 Å². The molecule has 0 fully saturated rings. The largest absolute Gasteiger partial charge is 0.494 e. The zero-order valence-electron chi connectivity index (χ0n) is 18.5. The molecule has 1 amide bonds. The molecule has 0 aromatic heterocycles. The number of anilines is 2. The second-order valence-electron chi connectivity index (χ2n) is 7.49. The van der Waals surface area contributed by atoms with Crippen molar-refractivity contribution in [2.45, 2.75) is 24.8 Å². The maximum absolute atomic E-state index is 12.8. The predicted molar refractivity (Wildman–Crippen MR) is 131 cm³/mol. The third kappa shape index (κ3) is 5.19. The molecule has 0 aliphatic carbocycles. The van der Waals surface area contributed by atoms with Gasteiger partial charge in [-0.2, -0.15) is 0 Å². The van der Waals surface area contributed by atoms with Gasteiger partial charge in [0.15, 0.2) is 0 Å². The van der Waals surface area contributed by atoms with Crippen molar-refractivity contribution in [2.75, 3.05) is 30.9 Å². The van der Waals surface area contributed by atoms with Crippen molar-refractivity contribution in [3.63, 3.8) is 0 Å². The summed E-state index contributed by atoms with van der Waals surface area (Å²) < 4.78 is 11.6. The molecule has 1 N–H and O–H groups in total. The van der Waals surface area contributed by atoms with Crippen molar-refractivity contribution in [1.82, 2.24) is 5.32 Å². The number of hydrogen-bond acceptors (Lipinski definition) is 5. The van der Waals surface area contributed by atoms with Gasteiger partial charge in [0.2, 0.25) is 0 Å². The summed E-state index contributed by atoms with van der Waals surface area (Å²) in [6.45, 7) is 4.58. The van der Waals surface area contributed by atoms with Crippen molar-refractivity contribution in [3.05, 3.63) is 77.9 Å². The Balaban J connectivity index is 1.49. The van der Waals surface area contributed by atoms with E-state index >= 15 is 0 Å². The predicted octanol–water partition coefficient (Wildman–Crippen LogP) is 5.66. The van der Waals surface area contributed by atoms with Gasteiger partial charge in [-0.1, -0.05) is 12.1 Å². The van der Waals surface area contributed by atoms with Crippen LogP contribution in [0.3, 0.4) is 0 Å². The van der Waals surface area contributed by atoms with Crippen LogP contribution < -0.4 is 19.7 Å². The van der Waals surface area contributed by atoms with E-state index in [9.17, 15) is 4.79 Å². The zero-order chi connectivity index (χ0) is 22.3. The number of carbonyl (C=O) groups is 1. The van der Waals surface area contributed by atoms with Crippen LogP contribution in [0.5, 0.6) is 11.5 Å². The Kier molecular flexibility index (Phi) is 7.22. The number of ether oxygens (including phenoxy) is 2. The number of carbonyl (C=O) groups excluding carboxylic acids is 1. The quantitative estimate of drug-likeness (QED) is 0.473. The van der Waals surface area contributed by atoms with Gasteiger partial charge in [-0.25, -0.2) is 0 Å². The van der Waals surface area contributed by atoms with Crippen molar-refractivity contribution in [3.8, 4) is 11.5 Å². The van der Waals surface area contributed by atoms with Crippen molar-refractivity contribution >= 4 is 29.0 Å². The molecule has 0 radical (unpaired) electrons. The number of thioether (sulfide) groups is 1. The van der Waals surface area contributed by atoms with Crippen LogP contribution in [0.15, 0.2) is 71.6 Å². The van der Waals surface area contributed by atoms with E-state index in [0.29, 0.717) is 25.3 Å². The molecule has 1 heterocycles. The van der Waals surface area contributed by atoms with Crippen molar-refractivity contribution in [2.24, 2.45) is 0 Å². The van der Waals surface area contributed by atoms with Gasteiger partial charge in [-0.15, -0.1) is 11.8 Å². The summed E-state index contributed by atoms with van der Waals surface area (Å²) in [6, 6.07) is 22.0. The van der Waals surface area contributed by atoms with Crippen molar-refractivity contribution < 1.29 is 14.3 Å². The first-order valence-corrected chi connectivity index (χ1v) is 12.1. The first kappa shape index (κ1) is 22.1. The first-order chi connectivity index (χ1) is 15.7. The summed E-state index contributed by atoms with van der Waals surface area (Å²) >= 11 is 1.70. The van der Waals surface area contributed by atoms with E-state index < -0.39 is 0 Å². The number of amides is 1. The van der Waals surface area contributed by atoms with Crippen LogP contribution in [-0.2, 0) is 6.54 Å². The minimum Gasteiger partial charge on any atom is -0.494 e. The lowest BCUT2D eigenvalue weighted by Crippen LogP contribution is -2.23. The zero-order valence-corrected chi connectivity index (χ0v) is 19.3. The first-order valence-electron chi connectivity index (χ1n) is 10.9. The van der Waals surface area contributed by atoms with E-state index in [1.807, 2.05) is 55.6 Å². The Labute approximate surface area is 193 Å². The van der Waals surface area contributed by atoms with Gasteiger partial charge in [0.1, 0.15) is 11.5 Å². The minimum atomic E-state index is -0.109. The molecule has 32 heavy (non-hydrogen) atoms. The topological polar surface area (TPSA) is 50.8 Å². The molecular weight excluding hydrogens is 420 g/mol. The summed E-state index contributed by atoms with van der Waals surface area (Å²) in [4.78, 5) is 16.2. The van der Waals surface area contributed by atoms with Gasteiger partial charge >= 0.3 is 0 Å². The van der Waals surface area contributed by atoms with Crippen LogP contribution in [-0.4, -0.2) is 31.9 Å². The standard InChI is InChI=1S/C26H28N2O3S/c1-3-30-22-10-8-21(9-11-22)28-15-4-16-31-25-17-20(7-14-24(25)28)26(29)27-18-19-5-12-23(32-2)13-6-19/h5-14,17H,3-4,15-16,18H2,1-2H3,(H,27,29). The molecule has 6 heteroatoms. The second kappa shape index (κ2) is 10.5. The Morgan fingerprint density at radius 3 is 2.59 bits per heavy atom. The van der Waals surface area contributed by atoms with E-state index in [1.54, 1.807) is 11.8 Å². The average molecular weight is 449 g/mol. The van der Waals surface area contributed by atoms with Gasteiger partial charge in [0, 0.05) is 29.2 Å². The Bertz CT molecular complexity index is 1050. The molecule has 0 saturated heterocycles. The summed E-state index contributed by atoms with van der Waals surface area (Å²) in [5.41, 5.74) is 3.71. The van der Waals surface area contributed by atoms with Crippen LogP contribution in [0.4, 0.5) is 11.4 Å². The Morgan fingerprint density at radius 1 is 1.09 bits per heavy atom. The summed E-state index contributed by atoms with van der Waals surface area (Å²) in [5.74, 6) is 1.48. The Morgan fingerprint density at radius 2 is 1.88 bits per heavy atom. The fourth-order valence-corrected chi connectivity index (χ4v) is 4.11. The molecule has 3 aromatic rings. The van der Waals surface area contributed by atoms with E-state index in [-0.39, 0.29) is 5.91 Å². The van der Waals surface area contributed by atoms with E-state index in [0.717, 1.165) is 41.4 Å². The van der Waals surface area contributed by atoms with Crippen LogP contribution in [0.2, 0.25) is 0 Å². The van der Waals surface area contributed by atoms with Crippen LogP contribution in [0, 0.1) is 0 Å². The number of nitrogens with one attached hydrogen (secondary N) is 1. The Hall–Kier alpha value is -3.12. The highest BCUT2D eigenvalue weighted by Gasteiger charge is 2.20. The van der Waals surface area contributed by atoms with Gasteiger partial charge in [-0.3, -0.25) is 4.79 Å². The number of fused-ring (bicyclic) bond motifs is 1. The average Bonchev–Trinajstić information content (AvgIpc) is 3.05. The highest BCUT2D eigenvalue weighted by atomic mass is 32.2. The van der Waals surface area contributed by atoms with Crippen LogP contribution in [0.25, 0.3) is 0 Å². The minimum absolute atomic E-state index is 0.109.